The van der Waals surface area contributed by atoms with E-state index in [9.17, 15) is 9.18 Å². The van der Waals surface area contributed by atoms with Gasteiger partial charge in [0.1, 0.15) is 17.2 Å². The van der Waals surface area contributed by atoms with E-state index in [0.717, 1.165) is 11.1 Å². The fourth-order valence-corrected chi connectivity index (χ4v) is 2.56. The molecule has 0 saturated heterocycles. The average molecular weight is 311 g/mol. The Labute approximate surface area is 134 Å². The quantitative estimate of drug-likeness (QED) is 0.797. The van der Waals surface area contributed by atoms with Crippen molar-refractivity contribution in [2.24, 2.45) is 0 Å². The van der Waals surface area contributed by atoms with E-state index in [0.29, 0.717) is 29.1 Å². The number of aromatic nitrogens is 2. The lowest BCUT2D eigenvalue weighted by atomic mass is 10.1. The summed E-state index contributed by atoms with van der Waals surface area (Å²) >= 11 is 0. The number of imidazole rings is 1. The van der Waals surface area contributed by atoms with Crippen LogP contribution in [0.1, 0.15) is 34.2 Å². The van der Waals surface area contributed by atoms with Gasteiger partial charge in [0, 0.05) is 11.9 Å². The number of nitrogens with one attached hydrogen (secondary N) is 1. The van der Waals surface area contributed by atoms with E-state index in [1.807, 2.05) is 39.0 Å². The van der Waals surface area contributed by atoms with Gasteiger partial charge < -0.3 is 5.32 Å². The van der Waals surface area contributed by atoms with Gasteiger partial charge in [0.25, 0.3) is 5.91 Å². The van der Waals surface area contributed by atoms with Crippen LogP contribution in [0.15, 0.2) is 36.5 Å². The molecule has 118 valence electrons. The van der Waals surface area contributed by atoms with Crippen LogP contribution in [0.4, 0.5) is 10.1 Å². The Kier molecular flexibility index (Phi) is 3.86. The summed E-state index contributed by atoms with van der Waals surface area (Å²) in [5.74, 6) is -0.694. The highest BCUT2D eigenvalue weighted by atomic mass is 19.1. The van der Waals surface area contributed by atoms with Gasteiger partial charge in [-0.25, -0.2) is 9.37 Å². The Morgan fingerprint density at radius 1 is 1.22 bits per heavy atom. The van der Waals surface area contributed by atoms with Crippen LogP contribution in [-0.2, 0) is 6.42 Å². The number of hydrogen-bond donors (Lipinski definition) is 1. The minimum atomic E-state index is -0.405. The van der Waals surface area contributed by atoms with Gasteiger partial charge in [-0.2, -0.15) is 0 Å². The third-order valence-corrected chi connectivity index (χ3v) is 3.97. The second-order valence-corrected chi connectivity index (χ2v) is 5.59. The molecule has 0 fully saturated rings. The molecule has 3 aromatic rings. The highest BCUT2D eigenvalue weighted by Gasteiger charge is 2.18. The third-order valence-electron chi connectivity index (χ3n) is 3.97. The van der Waals surface area contributed by atoms with Crippen molar-refractivity contribution in [3.05, 3.63) is 64.9 Å². The smallest absolute Gasteiger partial charge is 0.274 e. The molecule has 0 spiro atoms. The fourth-order valence-electron chi connectivity index (χ4n) is 2.56. The number of nitrogens with zero attached hydrogens (tertiary/aromatic N) is 2. The van der Waals surface area contributed by atoms with Crippen molar-refractivity contribution in [2.75, 3.05) is 5.32 Å². The average Bonchev–Trinajstić information content (AvgIpc) is 2.88. The van der Waals surface area contributed by atoms with E-state index in [-0.39, 0.29) is 5.91 Å². The minimum absolute atomic E-state index is 0.289. The third kappa shape index (κ3) is 2.82. The summed E-state index contributed by atoms with van der Waals surface area (Å²) in [7, 11) is 0. The van der Waals surface area contributed by atoms with Crippen LogP contribution in [0.3, 0.4) is 0 Å². The molecule has 3 rings (SSSR count). The van der Waals surface area contributed by atoms with Gasteiger partial charge in [0.2, 0.25) is 0 Å². The topological polar surface area (TPSA) is 46.4 Å². The Balaban J connectivity index is 2.02. The molecule has 23 heavy (non-hydrogen) atoms. The summed E-state index contributed by atoms with van der Waals surface area (Å²) in [4.78, 5) is 17.1. The van der Waals surface area contributed by atoms with Crippen LogP contribution in [0.5, 0.6) is 0 Å². The van der Waals surface area contributed by atoms with Crippen LogP contribution in [0, 0.1) is 19.7 Å². The van der Waals surface area contributed by atoms with Gasteiger partial charge in [0.05, 0.1) is 5.69 Å². The van der Waals surface area contributed by atoms with Crippen molar-refractivity contribution in [1.29, 1.82) is 0 Å². The maximum Gasteiger partial charge on any atom is 0.274 e. The molecule has 2 heterocycles. The van der Waals surface area contributed by atoms with E-state index in [1.165, 1.54) is 16.7 Å². The number of fused-ring (bicyclic) bond motifs is 1. The van der Waals surface area contributed by atoms with E-state index in [1.54, 1.807) is 6.07 Å². The summed E-state index contributed by atoms with van der Waals surface area (Å²) < 4.78 is 15.0. The predicted molar refractivity (Wildman–Crippen MR) is 88.4 cm³/mol. The van der Waals surface area contributed by atoms with Gasteiger partial charge in [0.15, 0.2) is 0 Å². The van der Waals surface area contributed by atoms with Crippen molar-refractivity contribution in [3.63, 3.8) is 0 Å². The van der Waals surface area contributed by atoms with Gasteiger partial charge in [-0.05, 0) is 55.7 Å². The van der Waals surface area contributed by atoms with Gasteiger partial charge >= 0.3 is 0 Å². The normalized spacial score (nSPS) is 11.0. The first-order valence-electron chi connectivity index (χ1n) is 7.54. The lowest BCUT2D eigenvalue weighted by Gasteiger charge is -2.08. The SMILES string of the molecule is CCc1nc2ccc(F)cn2c1C(=O)Nc1ccc(C)c(C)c1. The molecular weight excluding hydrogens is 293 g/mol. The Morgan fingerprint density at radius 3 is 2.70 bits per heavy atom. The minimum Gasteiger partial charge on any atom is -0.321 e. The predicted octanol–water partition coefficient (Wildman–Crippen LogP) is 3.90. The summed E-state index contributed by atoms with van der Waals surface area (Å²) in [6, 6.07) is 8.65. The van der Waals surface area contributed by atoms with Crippen LogP contribution in [0.25, 0.3) is 5.65 Å². The molecule has 1 amide bonds. The second kappa shape index (κ2) is 5.83. The molecule has 0 bridgehead atoms. The first-order chi connectivity index (χ1) is 11.0. The van der Waals surface area contributed by atoms with Crippen LogP contribution < -0.4 is 5.32 Å². The molecule has 5 heteroatoms. The number of halogens is 1. The van der Waals surface area contributed by atoms with Crippen molar-refractivity contribution < 1.29 is 9.18 Å². The summed E-state index contributed by atoms with van der Waals surface area (Å²) in [5, 5.41) is 2.88. The van der Waals surface area contributed by atoms with E-state index < -0.39 is 5.82 Å². The summed E-state index contributed by atoms with van der Waals surface area (Å²) in [6.45, 7) is 5.93. The molecular formula is C18H18FN3O. The number of benzene rings is 1. The highest BCUT2D eigenvalue weighted by molar-refractivity contribution is 6.04. The Hall–Kier alpha value is -2.69. The lowest BCUT2D eigenvalue weighted by molar-refractivity contribution is 0.102. The maximum absolute atomic E-state index is 13.5. The zero-order chi connectivity index (χ0) is 16.6. The van der Waals surface area contributed by atoms with Gasteiger partial charge in [-0.3, -0.25) is 9.20 Å². The zero-order valence-corrected chi connectivity index (χ0v) is 13.4. The van der Waals surface area contributed by atoms with Crippen molar-refractivity contribution in [2.45, 2.75) is 27.2 Å². The molecule has 1 N–H and O–H groups in total. The monoisotopic (exact) mass is 311 g/mol. The van der Waals surface area contributed by atoms with E-state index in [4.69, 9.17) is 0 Å². The molecule has 0 saturated carbocycles. The zero-order valence-electron chi connectivity index (χ0n) is 13.4. The number of hydrogen-bond acceptors (Lipinski definition) is 2. The molecule has 0 aliphatic rings. The first kappa shape index (κ1) is 15.2. The molecule has 0 aliphatic carbocycles. The molecule has 0 radical (unpaired) electrons. The molecule has 0 unspecified atom stereocenters. The Morgan fingerprint density at radius 2 is 2.00 bits per heavy atom. The maximum atomic E-state index is 13.5. The summed E-state index contributed by atoms with van der Waals surface area (Å²) in [6.07, 6.45) is 1.88. The number of carbonyl (C=O) groups excluding carboxylic acids is 1. The standard InChI is InChI=1S/C18H18FN3O/c1-4-15-17(22-10-13(19)6-8-16(22)21-15)18(23)20-14-7-5-11(2)12(3)9-14/h5-10H,4H2,1-3H3,(H,20,23). The number of pyridine rings is 1. The number of anilines is 1. The van der Waals surface area contributed by atoms with Gasteiger partial charge in [-0.1, -0.05) is 13.0 Å². The van der Waals surface area contributed by atoms with E-state index in [2.05, 4.69) is 10.3 Å². The lowest BCUT2D eigenvalue weighted by Crippen LogP contribution is -2.16. The van der Waals surface area contributed by atoms with E-state index >= 15 is 0 Å². The van der Waals surface area contributed by atoms with Crippen molar-refractivity contribution >= 4 is 17.2 Å². The van der Waals surface area contributed by atoms with Crippen LogP contribution in [0.2, 0.25) is 0 Å². The Bertz CT molecular complexity index is 899. The highest BCUT2D eigenvalue weighted by Crippen LogP contribution is 2.19. The molecule has 0 atom stereocenters. The second-order valence-electron chi connectivity index (χ2n) is 5.59. The number of amides is 1. The number of rotatable bonds is 3. The van der Waals surface area contributed by atoms with Crippen molar-refractivity contribution in [3.8, 4) is 0 Å². The molecule has 4 nitrogen and oxygen atoms in total. The molecule has 2 aromatic heterocycles. The molecule has 1 aromatic carbocycles. The first-order valence-corrected chi connectivity index (χ1v) is 7.54. The fraction of sp³-hybridized carbons (Fsp3) is 0.222. The van der Waals surface area contributed by atoms with Crippen molar-refractivity contribution in [1.82, 2.24) is 9.38 Å². The summed E-state index contributed by atoms with van der Waals surface area (Å²) in [5.41, 5.74) is 4.56. The molecule has 0 aliphatic heterocycles. The number of carbonyl (C=O) groups is 1. The van der Waals surface area contributed by atoms with Crippen LogP contribution in [-0.4, -0.2) is 15.3 Å². The largest absolute Gasteiger partial charge is 0.321 e. The van der Waals surface area contributed by atoms with Crippen LogP contribution >= 0.6 is 0 Å². The van der Waals surface area contributed by atoms with Gasteiger partial charge in [-0.15, -0.1) is 0 Å². The number of aryl methyl sites for hydroxylation is 3.